The van der Waals surface area contributed by atoms with Crippen molar-refractivity contribution in [3.8, 4) is 0 Å². The maximum atomic E-state index is 10.8. The maximum Gasteiger partial charge on any atom is 0.320 e. The minimum Gasteiger partial charge on any atom is -0.480 e. The van der Waals surface area contributed by atoms with E-state index >= 15 is 0 Å². The Labute approximate surface area is 124 Å². The molecular formula is C14H31NO4Si. The molecule has 0 saturated carbocycles. The van der Waals surface area contributed by atoms with Crippen molar-refractivity contribution in [3.05, 3.63) is 0 Å². The van der Waals surface area contributed by atoms with Gasteiger partial charge in [0, 0.05) is 21.2 Å². The fraction of sp³-hybridized carbons (Fsp3) is 0.929. The van der Waals surface area contributed by atoms with E-state index < -0.39 is 20.1 Å². The normalized spacial score (nSPS) is 15.3. The second-order valence-corrected chi connectivity index (χ2v) is 12.4. The van der Waals surface area contributed by atoms with Gasteiger partial charge in [0.05, 0.1) is 6.10 Å². The average Bonchev–Trinajstić information content (AvgIpc) is 2.30. The van der Waals surface area contributed by atoms with Crippen molar-refractivity contribution in [3.63, 3.8) is 0 Å². The zero-order chi connectivity index (χ0) is 15.8. The minimum atomic E-state index is -1.06. The summed E-state index contributed by atoms with van der Waals surface area (Å²) >= 11 is 0. The molecule has 0 rings (SSSR count). The van der Waals surface area contributed by atoms with Gasteiger partial charge in [0.25, 0.3) is 0 Å². The molecule has 0 radical (unpaired) electrons. The SMILES string of the molecule is CC(C)[C@H](CN[C@@H](C)C(=O)O)OCOCC[Si](C)(C)C. The Morgan fingerprint density at radius 3 is 2.30 bits per heavy atom. The highest BCUT2D eigenvalue weighted by molar-refractivity contribution is 6.76. The first-order valence-electron chi connectivity index (χ1n) is 7.29. The van der Waals surface area contributed by atoms with Crippen molar-refractivity contribution >= 4 is 14.0 Å². The quantitative estimate of drug-likeness (QED) is 0.348. The molecule has 5 nitrogen and oxygen atoms in total. The number of carboxylic acids is 1. The highest BCUT2D eigenvalue weighted by Crippen LogP contribution is 2.09. The molecule has 0 amide bonds. The first-order chi connectivity index (χ1) is 9.13. The summed E-state index contributed by atoms with van der Waals surface area (Å²) in [5, 5.41) is 11.8. The smallest absolute Gasteiger partial charge is 0.320 e. The van der Waals surface area contributed by atoms with Gasteiger partial charge in [-0.15, -0.1) is 0 Å². The van der Waals surface area contributed by atoms with E-state index in [1.54, 1.807) is 6.92 Å². The molecule has 0 bridgehead atoms. The molecule has 0 fully saturated rings. The zero-order valence-corrected chi connectivity index (χ0v) is 14.7. The number of ether oxygens (including phenoxy) is 2. The van der Waals surface area contributed by atoms with E-state index in [1.807, 2.05) is 0 Å². The van der Waals surface area contributed by atoms with Crippen LogP contribution in [-0.4, -0.2) is 51.2 Å². The van der Waals surface area contributed by atoms with Gasteiger partial charge in [-0.05, 0) is 18.9 Å². The Morgan fingerprint density at radius 1 is 1.25 bits per heavy atom. The van der Waals surface area contributed by atoms with Gasteiger partial charge in [0.15, 0.2) is 0 Å². The van der Waals surface area contributed by atoms with Gasteiger partial charge >= 0.3 is 5.97 Å². The Kier molecular flexibility index (Phi) is 9.29. The number of carboxylic acid groups (broad SMARTS) is 1. The van der Waals surface area contributed by atoms with Gasteiger partial charge in [0.1, 0.15) is 12.8 Å². The third-order valence-corrected chi connectivity index (χ3v) is 4.81. The molecule has 0 heterocycles. The van der Waals surface area contributed by atoms with Crippen LogP contribution in [0.4, 0.5) is 0 Å². The summed E-state index contributed by atoms with van der Waals surface area (Å²) in [6.07, 6.45) is -0.0383. The van der Waals surface area contributed by atoms with Gasteiger partial charge in [0.2, 0.25) is 0 Å². The molecule has 6 heteroatoms. The van der Waals surface area contributed by atoms with Gasteiger partial charge in [-0.1, -0.05) is 33.5 Å². The van der Waals surface area contributed by atoms with E-state index in [4.69, 9.17) is 14.6 Å². The van der Waals surface area contributed by atoms with Crippen LogP contribution < -0.4 is 5.32 Å². The predicted octanol–water partition coefficient (Wildman–Crippen LogP) is 2.40. The van der Waals surface area contributed by atoms with Crippen LogP contribution in [-0.2, 0) is 14.3 Å². The van der Waals surface area contributed by atoms with Crippen molar-refractivity contribution in [1.29, 1.82) is 0 Å². The van der Waals surface area contributed by atoms with Crippen molar-refractivity contribution in [1.82, 2.24) is 5.32 Å². The molecule has 0 aliphatic carbocycles. The van der Waals surface area contributed by atoms with Gasteiger partial charge in [-0.25, -0.2) is 0 Å². The summed E-state index contributed by atoms with van der Waals surface area (Å²) in [4.78, 5) is 10.8. The molecule has 0 aliphatic rings. The zero-order valence-electron chi connectivity index (χ0n) is 13.7. The standard InChI is InChI=1S/C14H31NO4Si/c1-11(2)13(9-15-12(3)14(16)17)19-10-18-7-8-20(4,5)6/h11-13,15H,7-10H2,1-6H3,(H,16,17)/t12-,13-/m0/s1. The highest BCUT2D eigenvalue weighted by Gasteiger charge is 2.18. The molecule has 2 atom stereocenters. The first kappa shape index (κ1) is 19.6. The lowest BCUT2D eigenvalue weighted by Gasteiger charge is -2.23. The fourth-order valence-electron chi connectivity index (χ4n) is 1.44. The topological polar surface area (TPSA) is 67.8 Å². The third kappa shape index (κ3) is 10.4. The Balaban J connectivity index is 3.89. The molecule has 2 N–H and O–H groups in total. The average molecular weight is 305 g/mol. The van der Waals surface area contributed by atoms with Crippen LogP contribution in [0.25, 0.3) is 0 Å². The fourth-order valence-corrected chi connectivity index (χ4v) is 2.20. The minimum absolute atomic E-state index is 0.0383. The first-order valence-corrected chi connectivity index (χ1v) is 11.0. The summed E-state index contributed by atoms with van der Waals surface area (Å²) < 4.78 is 11.2. The second kappa shape index (κ2) is 9.49. The summed E-state index contributed by atoms with van der Waals surface area (Å²) in [7, 11) is -1.06. The molecule has 0 aromatic heterocycles. The van der Waals surface area contributed by atoms with E-state index in [-0.39, 0.29) is 12.9 Å². The van der Waals surface area contributed by atoms with Crippen LogP contribution in [0.2, 0.25) is 25.7 Å². The number of rotatable bonds is 11. The predicted molar refractivity (Wildman–Crippen MR) is 83.8 cm³/mol. The maximum absolute atomic E-state index is 10.8. The number of hydrogen-bond acceptors (Lipinski definition) is 4. The third-order valence-electron chi connectivity index (χ3n) is 3.10. The molecule has 0 aromatic carbocycles. The molecule has 0 aliphatic heterocycles. The van der Waals surface area contributed by atoms with Crippen LogP contribution in [0.15, 0.2) is 0 Å². The molecule has 0 unspecified atom stereocenters. The molecule has 120 valence electrons. The molecule has 0 aromatic rings. The Hall–Kier alpha value is -0.433. The lowest BCUT2D eigenvalue weighted by molar-refractivity contribution is -0.139. The number of carbonyl (C=O) groups is 1. The lowest BCUT2D eigenvalue weighted by atomic mass is 10.1. The van der Waals surface area contributed by atoms with Crippen molar-refractivity contribution < 1.29 is 19.4 Å². The van der Waals surface area contributed by atoms with E-state index in [0.717, 1.165) is 12.7 Å². The summed E-state index contributed by atoms with van der Waals surface area (Å²) in [5.41, 5.74) is 0. The molecule has 0 spiro atoms. The lowest BCUT2D eigenvalue weighted by Crippen LogP contribution is -2.41. The van der Waals surface area contributed by atoms with Gasteiger partial charge in [-0.2, -0.15) is 0 Å². The van der Waals surface area contributed by atoms with Gasteiger partial charge in [-0.3, -0.25) is 4.79 Å². The summed E-state index contributed by atoms with van der Waals surface area (Å²) in [6, 6.07) is 0.560. The summed E-state index contributed by atoms with van der Waals surface area (Å²) in [5.74, 6) is -0.539. The van der Waals surface area contributed by atoms with Crippen LogP contribution >= 0.6 is 0 Å². The number of hydrogen-bond donors (Lipinski definition) is 2. The van der Waals surface area contributed by atoms with Crippen LogP contribution in [0.1, 0.15) is 20.8 Å². The van der Waals surface area contributed by atoms with E-state index in [2.05, 4.69) is 38.8 Å². The summed E-state index contributed by atoms with van der Waals surface area (Å²) in [6.45, 7) is 14.2. The Morgan fingerprint density at radius 2 is 1.85 bits per heavy atom. The Bertz CT molecular complexity index is 279. The van der Waals surface area contributed by atoms with Crippen LogP contribution in [0.3, 0.4) is 0 Å². The van der Waals surface area contributed by atoms with Gasteiger partial charge < -0.3 is 19.9 Å². The van der Waals surface area contributed by atoms with Crippen LogP contribution in [0.5, 0.6) is 0 Å². The highest BCUT2D eigenvalue weighted by atomic mass is 28.3. The second-order valence-electron chi connectivity index (χ2n) is 6.75. The van der Waals surface area contributed by atoms with Crippen molar-refractivity contribution in [2.24, 2.45) is 5.92 Å². The number of aliphatic carboxylic acids is 1. The van der Waals surface area contributed by atoms with Crippen LogP contribution in [0, 0.1) is 5.92 Å². The monoisotopic (exact) mass is 305 g/mol. The van der Waals surface area contributed by atoms with E-state index in [0.29, 0.717) is 12.5 Å². The molecule has 0 saturated heterocycles. The largest absolute Gasteiger partial charge is 0.480 e. The van der Waals surface area contributed by atoms with Crippen molar-refractivity contribution in [2.45, 2.75) is 58.6 Å². The van der Waals surface area contributed by atoms with Crippen molar-refractivity contribution in [2.75, 3.05) is 19.9 Å². The molecular weight excluding hydrogens is 274 g/mol. The van der Waals surface area contributed by atoms with E-state index in [9.17, 15) is 4.79 Å². The van der Waals surface area contributed by atoms with E-state index in [1.165, 1.54) is 0 Å². The number of nitrogens with one attached hydrogen (secondary N) is 1. The molecule has 20 heavy (non-hydrogen) atoms.